The van der Waals surface area contributed by atoms with Crippen LogP contribution in [0.1, 0.15) is 31.0 Å². The van der Waals surface area contributed by atoms with Gasteiger partial charge in [-0.25, -0.2) is 0 Å². The van der Waals surface area contributed by atoms with E-state index >= 15 is 0 Å². The molecule has 2 rings (SSSR count). The van der Waals surface area contributed by atoms with Crippen LogP contribution in [0.4, 0.5) is 0 Å². The highest BCUT2D eigenvalue weighted by Gasteiger charge is 2.26. The van der Waals surface area contributed by atoms with E-state index in [4.69, 9.17) is 10.5 Å². The molecule has 4 heteroatoms. The van der Waals surface area contributed by atoms with Gasteiger partial charge in [0.2, 0.25) is 0 Å². The minimum absolute atomic E-state index is 0.248. The van der Waals surface area contributed by atoms with Crippen LogP contribution in [0.25, 0.3) is 0 Å². The number of benzene rings is 1. The first-order valence-electron chi connectivity index (χ1n) is 7.26. The molecule has 1 unspecified atom stereocenters. The number of methoxy groups -OCH3 is 1. The number of ether oxygens (including phenoxy) is 1. The maximum Gasteiger partial charge on any atom is 0.192 e. The molecule has 20 heavy (non-hydrogen) atoms. The number of hydrogen-bond donors (Lipinski definition) is 1. The summed E-state index contributed by atoms with van der Waals surface area (Å²) in [6, 6.07) is 9.10. The van der Waals surface area contributed by atoms with E-state index in [1.807, 2.05) is 0 Å². The zero-order valence-corrected chi connectivity index (χ0v) is 12.7. The molecule has 0 bridgehead atoms. The predicted molar refractivity (Wildman–Crippen MR) is 82.8 cm³/mol. The summed E-state index contributed by atoms with van der Waals surface area (Å²) in [5.74, 6) is 1.31. The van der Waals surface area contributed by atoms with E-state index < -0.39 is 0 Å². The van der Waals surface area contributed by atoms with Gasteiger partial charge >= 0.3 is 0 Å². The molecule has 0 aliphatic carbocycles. The van der Waals surface area contributed by atoms with Crippen molar-refractivity contribution in [2.75, 3.05) is 26.8 Å². The van der Waals surface area contributed by atoms with Crippen molar-refractivity contribution < 1.29 is 4.74 Å². The van der Waals surface area contributed by atoms with Crippen molar-refractivity contribution in [1.82, 2.24) is 4.90 Å². The van der Waals surface area contributed by atoms with Crippen LogP contribution in [0, 0.1) is 5.92 Å². The lowest BCUT2D eigenvalue weighted by molar-refractivity contribution is 0.166. The van der Waals surface area contributed by atoms with Crippen LogP contribution in [0.5, 0.6) is 0 Å². The third kappa shape index (κ3) is 3.51. The fourth-order valence-electron chi connectivity index (χ4n) is 2.62. The lowest BCUT2D eigenvalue weighted by Gasteiger charge is -2.26. The van der Waals surface area contributed by atoms with Gasteiger partial charge in [-0.3, -0.25) is 4.99 Å². The lowest BCUT2D eigenvalue weighted by Crippen LogP contribution is -2.38. The van der Waals surface area contributed by atoms with Crippen molar-refractivity contribution in [3.63, 3.8) is 0 Å². The van der Waals surface area contributed by atoms with E-state index in [1.165, 1.54) is 11.1 Å². The van der Waals surface area contributed by atoms with E-state index in [9.17, 15) is 0 Å². The van der Waals surface area contributed by atoms with Crippen LogP contribution in [0.2, 0.25) is 0 Å². The molecule has 0 saturated heterocycles. The van der Waals surface area contributed by atoms with Crippen molar-refractivity contribution in [3.8, 4) is 0 Å². The molecule has 1 atom stereocenters. The second kappa shape index (κ2) is 6.75. The van der Waals surface area contributed by atoms with Crippen LogP contribution in [0.3, 0.4) is 0 Å². The highest BCUT2D eigenvalue weighted by molar-refractivity contribution is 5.80. The Morgan fingerprint density at radius 1 is 1.35 bits per heavy atom. The van der Waals surface area contributed by atoms with Crippen LogP contribution >= 0.6 is 0 Å². The summed E-state index contributed by atoms with van der Waals surface area (Å²) in [7, 11) is 1.71. The Kier molecular flexibility index (Phi) is 5.01. The Labute approximate surface area is 121 Å². The molecule has 4 nitrogen and oxygen atoms in total. The van der Waals surface area contributed by atoms with Crippen LogP contribution in [0.15, 0.2) is 29.3 Å². The van der Waals surface area contributed by atoms with Gasteiger partial charge in [-0.2, -0.15) is 0 Å². The number of nitrogens with zero attached hydrogens (tertiary/aromatic N) is 2. The molecule has 0 spiro atoms. The monoisotopic (exact) mass is 275 g/mol. The standard InChI is InChI=1S/C16H25N3O/c1-12(2)10-13-4-6-14(7-5-13)15-11-18-16(17)19(15)8-9-20-3/h4-7,12,15H,8-11H2,1-3H3,(H2,17,18). The van der Waals surface area contributed by atoms with Gasteiger partial charge in [-0.1, -0.05) is 38.1 Å². The van der Waals surface area contributed by atoms with Crippen molar-refractivity contribution in [3.05, 3.63) is 35.4 Å². The average Bonchev–Trinajstić information content (AvgIpc) is 2.78. The van der Waals surface area contributed by atoms with Gasteiger partial charge in [-0.05, 0) is 23.5 Å². The van der Waals surface area contributed by atoms with E-state index in [1.54, 1.807) is 7.11 Å². The Balaban J connectivity index is 2.06. The smallest absolute Gasteiger partial charge is 0.192 e. The lowest BCUT2D eigenvalue weighted by atomic mass is 9.99. The fraction of sp³-hybridized carbons (Fsp3) is 0.562. The first kappa shape index (κ1) is 14.9. The van der Waals surface area contributed by atoms with Crippen LogP contribution in [-0.2, 0) is 11.2 Å². The summed E-state index contributed by atoms with van der Waals surface area (Å²) < 4.78 is 5.15. The second-order valence-electron chi connectivity index (χ2n) is 5.74. The van der Waals surface area contributed by atoms with Crippen LogP contribution < -0.4 is 5.73 Å². The number of nitrogens with two attached hydrogens (primary N) is 1. The SMILES string of the molecule is COCCN1C(N)=NCC1c1ccc(CC(C)C)cc1. The van der Waals surface area contributed by atoms with Crippen molar-refractivity contribution >= 4 is 5.96 Å². The number of guanidine groups is 1. The predicted octanol–water partition coefficient (Wildman–Crippen LogP) is 2.20. The quantitative estimate of drug-likeness (QED) is 0.866. The third-order valence-corrected chi connectivity index (χ3v) is 3.64. The van der Waals surface area contributed by atoms with Crippen molar-refractivity contribution in [2.24, 2.45) is 16.6 Å². The van der Waals surface area contributed by atoms with E-state index in [2.05, 4.69) is 48.0 Å². The van der Waals surface area contributed by atoms with Gasteiger partial charge in [0.1, 0.15) is 0 Å². The Bertz CT molecular complexity index is 453. The molecule has 110 valence electrons. The number of rotatable bonds is 6. The molecule has 1 aliphatic rings. The molecule has 1 aromatic carbocycles. The zero-order chi connectivity index (χ0) is 14.5. The molecule has 0 radical (unpaired) electrons. The Morgan fingerprint density at radius 3 is 2.65 bits per heavy atom. The molecule has 0 amide bonds. The minimum atomic E-state index is 0.248. The first-order chi connectivity index (χ1) is 9.61. The molecule has 1 heterocycles. The molecule has 0 saturated carbocycles. The van der Waals surface area contributed by atoms with E-state index in [0.29, 0.717) is 18.5 Å². The average molecular weight is 275 g/mol. The van der Waals surface area contributed by atoms with E-state index in [-0.39, 0.29) is 6.04 Å². The minimum Gasteiger partial charge on any atom is -0.383 e. The largest absolute Gasteiger partial charge is 0.383 e. The summed E-state index contributed by atoms with van der Waals surface area (Å²) in [5.41, 5.74) is 8.63. The molecule has 0 aromatic heterocycles. The molecule has 0 fully saturated rings. The fourth-order valence-corrected chi connectivity index (χ4v) is 2.62. The summed E-state index contributed by atoms with van der Waals surface area (Å²) in [6.07, 6.45) is 1.12. The highest BCUT2D eigenvalue weighted by atomic mass is 16.5. The normalized spacial score (nSPS) is 18.7. The zero-order valence-electron chi connectivity index (χ0n) is 12.7. The van der Waals surface area contributed by atoms with Crippen LogP contribution in [-0.4, -0.2) is 37.7 Å². The molecular formula is C16H25N3O. The third-order valence-electron chi connectivity index (χ3n) is 3.64. The summed E-state index contributed by atoms with van der Waals surface area (Å²) in [4.78, 5) is 6.49. The maximum absolute atomic E-state index is 5.96. The first-order valence-corrected chi connectivity index (χ1v) is 7.26. The summed E-state index contributed by atoms with van der Waals surface area (Å²) in [6.45, 7) is 6.67. The summed E-state index contributed by atoms with van der Waals surface area (Å²) in [5, 5.41) is 0. The Morgan fingerprint density at radius 2 is 2.05 bits per heavy atom. The Hall–Kier alpha value is -1.55. The highest BCUT2D eigenvalue weighted by Crippen LogP contribution is 2.25. The summed E-state index contributed by atoms with van der Waals surface area (Å²) >= 11 is 0. The van der Waals surface area contributed by atoms with Gasteiger partial charge in [0.05, 0.1) is 19.2 Å². The molecular weight excluding hydrogens is 250 g/mol. The molecule has 2 N–H and O–H groups in total. The van der Waals surface area contributed by atoms with Gasteiger partial charge in [0, 0.05) is 13.7 Å². The maximum atomic E-state index is 5.96. The molecule has 1 aliphatic heterocycles. The van der Waals surface area contributed by atoms with Crippen molar-refractivity contribution in [1.29, 1.82) is 0 Å². The topological polar surface area (TPSA) is 50.9 Å². The van der Waals surface area contributed by atoms with Gasteiger partial charge in [0.25, 0.3) is 0 Å². The van der Waals surface area contributed by atoms with Gasteiger partial charge < -0.3 is 15.4 Å². The number of aliphatic imine (C=N–C) groups is 1. The molecule has 1 aromatic rings. The van der Waals surface area contributed by atoms with Crippen molar-refractivity contribution in [2.45, 2.75) is 26.3 Å². The van der Waals surface area contributed by atoms with Gasteiger partial charge in [0.15, 0.2) is 5.96 Å². The number of hydrogen-bond acceptors (Lipinski definition) is 4. The second-order valence-corrected chi connectivity index (χ2v) is 5.74. The van der Waals surface area contributed by atoms with E-state index in [0.717, 1.165) is 19.5 Å². The van der Waals surface area contributed by atoms with Gasteiger partial charge in [-0.15, -0.1) is 0 Å².